The number of hydrogen-bond donors (Lipinski definition) is 1. The van der Waals surface area contributed by atoms with Gasteiger partial charge in [-0.15, -0.1) is 0 Å². The molecule has 1 heterocycles. The second kappa shape index (κ2) is 5.81. The van der Waals surface area contributed by atoms with Crippen LogP contribution in [0.25, 0.3) is 0 Å². The van der Waals surface area contributed by atoms with E-state index < -0.39 is 11.5 Å². The first-order chi connectivity index (χ1) is 8.93. The van der Waals surface area contributed by atoms with Gasteiger partial charge in [-0.25, -0.2) is 0 Å². The summed E-state index contributed by atoms with van der Waals surface area (Å²) in [6, 6.07) is 5.63. The molecule has 1 aromatic rings. The highest BCUT2D eigenvalue weighted by Crippen LogP contribution is 2.31. The van der Waals surface area contributed by atoms with Gasteiger partial charge in [0.1, 0.15) is 5.54 Å². The Balaban J connectivity index is 2.22. The van der Waals surface area contributed by atoms with E-state index in [2.05, 4.69) is 15.9 Å². The Morgan fingerprint density at radius 1 is 1.53 bits per heavy atom. The van der Waals surface area contributed by atoms with Crippen LogP contribution in [0.2, 0.25) is 5.02 Å². The number of halogens is 2. The van der Waals surface area contributed by atoms with E-state index in [1.165, 1.54) is 0 Å². The van der Waals surface area contributed by atoms with Crippen molar-refractivity contribution in [1.29, 1.82) is 0 Å². The zero-order valence-electron chi connectivity index (χ0n) is 10.8. The van der Waals surface area contributed by atoms with Crippen LogP contribution < -0.4 is 0 Å². The van der Waals surface area contributed by atoms with Crippen molar-refractivity contribution in [2.45, 2.75) is 38.3 Å². The highest BCUT2D eigenvalue weighted by atomic mass is 79.9. The molecule has 2 rings (SSSR count). The van der Waals surface area contributed by atoms with Crippen LogP contribution >= 0.6 is 27.5 Å². The number of nitrogens with zero attached hydrogens (tertiary/aromatic N) is 1. The molecule has 0 aromatic heterocycles. The highest BCUT2D eigenvalue weighted by Gasteiger charge is 2.41. The molecule has 0 saturated carbocycles. The van der Waals surface area contributed by atoms with Crippen LogP contribution in [0.15, 0.2) is 22.7 Å². The molecule has 0 spiro atoms. The minimum absolute atomic E-state index is 0.626. The fourth-order valence-corrected chi connectivity index (χ4v) is 3.34. The SMILES string of the molecule is CC1(C(=O)O)CCCCN1Cc1ccc(Cl)cc1Br. The minimum atomic E-state index is -0.767. The Morgan fingerprint density at radius 2 is 2.26 bits per heavy atom. The first-order valence-electron chi connectivity index (χ1n) is 6.36. The smallest absolute Gasteiger partial charge is 0.323 e. The fourth-order valence-electron chi connectivity index (χ4n) is 2.53. The number of carboxylic acid groups (broad SMARTS) is 1. The number of rotatable bonds is 3. The summed E-state index contributed by atoms with van der Waals surface area (Å²) >= 11 is 9.42. The van der Waals surface area contributed by atoms with Crippen LogP contribution in [0.3, 0.4) is 0 Å². The second-order valence-corrected chi connectivity index (χ2v) is 6.48. The van der Waals surface area contributed by atoms with E-state index in [4.69, 9.17) is 11.6 Å². The molecule has 0 radical (unpaired) electrons. The van der Waals surface area contributed by atoms with Gasteiger partial charge in [-0.1, -0.05) is 33.6 Å². The predicted molar refractivity (Wildman–Crippen MR) is 79.5 cm³/mol. The second-order valence-electron chi connectivity index (χ2n) is 5.19. The minimum Gasteiger partial charge on any atom is -0.480 e. The van der Waals surface area contributed by atoms with E-state index in [0.29, 0.717) is 18.0 Å². The van der Waals surface area contributed by atoms with Crippen molar-refractivity contribution in [3.05, 3.63) is 33.3 Å². The van der Waals surface area contributed by atoms with Crippen LogP contribution in [0.5, 0.6) is 0 Å². The number of likely N-dealkylation sites (tertiary alicyclic amines) is 1. The lowest BCUT2D eigenvalue weighted by Gasteiger charge is -2.41. The van der Waals surface area contributed by atoms with Gasteiger partial charge in [0.25, 0.3) is 0 Å². The molecule has 1 aromatic carbocycles. The molecular weight excluding hydrogens is 330 g/mol. The Kier molecular flexibility index (Phi) is 4.54. The topological polar surface area (TPSA) is 40.5 Å². The predicted octanol–water partition coefficient (Wildman–Crippen LogP) is 3.93. The van der Waals surface area contributed by atoms with Crippen molar-refractivity contribution in [2.75, 3.05) is 6.54 Å². The van der Waals surface area contributed by atoms with E-state index in [-0.39, 0.29) is 0 Å². The van der Waals surface area contributed by atoms with Gasteiger partial charge in [0.15, 0.2) is 0 Å². The van der Waals surface area contributed by atoms with Crippen molar-refractivity contribution in [3.8, 4) is 0 Å². The lowest BCUT2D eigenvalue weighted by atomic mass is 9.88. The van der Waals surface area contributed by atoms with Gasteiger partial charge in [-0.05, 0) is 50.4 Å². The summed E-state index contributed by atoms with van der Waals surface area (Å²) in [5, 5.41) is 10.2. The summed E-state index contributed by atoms with van der Waals surface area (Å²) in [7, 11) is 0. The van der Waals surface area contributed by atoms with E-state index >= 15 is 0 Å². The maximum Gasteiger partial charge on any atom is 0.323 e. The Labute approximate surface area is 126 Å². The zero-order chi connectivity index (χ0) is 14.0. The molecular formula is C14H17BrClNO2. The molecule has 104 valence electrons. The largest absolute Gasteiger partial charge is 0.480 e. The number of carboxylic acids is 1. The van der Waals surface area contributed by atoms with Crippen molar-refractivity contribution in [1.82, 2.24) is 4.90 Å². The van der Waals surface area contributed by atoms with Crippen LogP contribution in [-0.4, -0.2) is 28.1 Å². The van der Waals surface area contributed by atoms with Gasteiger partial charge in [-0.2, -0.15) is 0 Å². The summed E-state index contributed by atoms with van der Waals surface area (Å²) in [5.74, 6) is -0.739. The first kappa shape index (κ1) is 14.8. The average molecular weight is 347 g/mol. The molecule has 1 aliphatic heterocycles. The Hall–Kier alpha value is -0.580. The van der Waals surface area contributed by atoms with Crippen molar-refractivity contribution in [2.24, 2.45) is 0 Å². The van der Waals surface area contributed by atoms with Crippen LogP contribution in [0, 0.1) is 0 Å². The monoisotopic (exact) mass is 345 g/mol. The molecule has 1 aliphatic rings. The first-order valence-corrected chi connectivity index (χ1v) is 7.53. The molecule has 0 amide bonds. The standard InChI is InChI=1S/C14H17BrClNO2/c1-14(13(18)19)6-2-3-7-17(14)9-10-4-5-11(16)8-12(10)15/h4-5,8H,2-3,6-7,9H2,1H3,(H,18,19). The van der Waals surface area contributed by atoms with E-state index in [9.17, 15) is 9.90 Å². The van der Waals surface area contributed by atoms with Gasteiger partial charge in [0, 0.05) is 16.0 Å². The molecule has 0 aliphatic carbocycles. The molecule has 3 nitrogen and oxygen atoms in total. The number of aliphatic carboxylic acids is 1. The third-order valence-corrected chi connectivity index (χ3v) is 4.85. The van der Waals surface area contributed by atoms with Crippen molar-refractivity contribution in [3.63, 3.8) is 0 Å². The van der Waals surface area contributed by atoms with E-state index in [1.54, 1.807) is 0 Å². The molecule has 1 fully saturated rings. The number of benzene rings is 1. The summed E-state index contributed by atoms with van der Waals surface area (Å²) in [4.78, 5) is 13.6. The summed E-state index contributed by atoms with van der Waals surface area (Å²) in [6.07, 6.45) is 2.72. The summed E-state index contributed by atoms with van der Waals surface area (Å²) in [6.45, 7) is 3.26. The molecule has 0 bridgehead atoms. The fraction of sp³-hybridized carbons (Fsp3) is 0.500. The number of carbonyl (C=O) groups is 1. The molecule has 5 heteroatoms. The molecule has 1 unspecified atom stereocenters. The van der Waals surface area contributed by atoms with Gasteiger partial charge < -0.3 is 5.11 Å². The zero-order valence-corrected chi connectivity index (χ0v) is 13.2. The average Bonchev–Trinajstić information content (AvgIpc) is 2.35. The van der Waals surface area contributed by atoms with Gasteiger partial charge in [0.2, 0.25) is 0 Å². The normalized spacial score (nSPS) is 24.4. The number of hydrogen-bond acceptors (Lipinski definition) is 2. The Morgan fingerprint density at radius 3 is 2.89 bits per heavy atom. The molecule has 1 N–H and O–H groups in total. The van der Waals surface area contributed by atoms with E-state index in [0.717, 1.165) is 29.4 Å². The molecule has 1 saturated heterocycles. The summed E-state index contributed by atoms with van der Waals surface area (Å²) in [5.41, 5.74) is 0.302. The highest BCUT2D eigenvalue weighted by molar-refractivity contribution is 9.10. The lowest BCUT2D eigenvalue weighted by Crippen LogP contribution is -2.54. The Bertz CT molecular complexity index is 494. The van der Waals surface area contributed by atoms with Crippen LogP contribution in [0.4, 0.5) is 0 Å². The van der Waals surface area contributed by atoms with Gasteiger partial charge >= 0.3 is 5.97 Å². The quantitative estimate of drug-likeness (QED) is 0.901. The third-order valence-electron chi connectivity index (χ3n) is 3.88. The maximum absolute atomic E-state index is 11.5. The van der Waals surface area contributed by atoms with Crippen LogP contribution in [0.1, 0.15) is 31.7 Å². The molecule has 19 heavy (non-hydrogen) atoms. The lowest BCUT2D eigenvalue weighted by molar-refractivity contribution is -0.153. The van der Waals surface area contributed by atoms with Crippen molar-refractivity contribution < 1.29 is 9.90 Å². The van der Waals surface area contributed by atoms with Gasteiger partial charge in [-0.3, -0.25) is 9.69 Å². The summed E-state index contributed by atoms with van der Waals surface area (Å²) < 4.78 is 0.929. The van der Waals surface area contributed by atoms with Gasteiger partial charge in [0.05, 0.1) is 0 Å². The number of piperidine rings is 1. The maximum atomic E-state index is 11.5. The van der Waals surface area contributed by atoms with Crippen LogP contribution in [-0.2, 0) is 11.3 Å². The van der Waals surface area contributed by atoms with Crippen molar-refractivity contribution >= 4 is 33.5 Å². The third kappa shape index (κ3) is 3.12. The molecule has 1 atom stereocenters. The van der Waals surface area contributed by atoms with E-state index in [1.807, 2.05) is 30.0 Å².